The van der Waals surface area contributed by atoms with Gasteiger partial charge < -0.3 is 9.47 Å². The van der Waals surface area contributed by atoms with E-state index in [9.17, 15) is 13.2 Å². The number of ether oxygens (including phenoxy) is 2. The van der Waals surface area contributed by atoms with Gasteiger partial charge in [-0.25, -0.2) is 8.42 Å². The molecular formula is C13H9Cl2NO5S2. The van der Waals surface area contributed by atoms with Crippen LogP contribution in [0.25, 0.3) is 0 Å². The van der Waals surface area contributed by atoms with E-state index in [4.69, 9.17) is 32.7 Å². The first-order valence-electron chi connectivity index (χ1n) is 6.20. The first-order valence-corrected chi connectivity index (χ1v) is 9.26. The molecule has 23 heavy (non-hydrogen) atoms. The van der Waals surface area contributed by atoms with Gasteiger partial charge in [-0.05, 0) is 19.1 Å². The molecule has 122 valence electrons. The Morgan fingerprint density at radius 1 is 1.22 bits per heavy atom. The van der Waals surface area contributed by atoms with Crippen LogP contribution in [0.2, 0.25) is 8.67 Å². The Morgan fingerprint density at radius 2 is 1.87 bits per heavy atom. The van der Waals surface area contributed by atoms with Crippen molar-refractivity contribution in [3.05, 3.63) is 32.4 Å². The summed E-state index contributed by atoms with van der Waals surface area (Å²) in [7, 11) is -4.00. The van der Waals surface area contributed by atoms with Crippen LogP contribution in [0.5, 0.6) is 11.5 Å². The third kappa shape index (κ3) is 3.12. The zero-order valence-corrected chi connectivity index (χ0v) is 14.7. The molecule has 0 atom stereocenters. The molecule has 6 nitrogen and oxygen atoms in total. The van der Waals surface area contributed by atoms with Crippen LogP contribution in [-0.2, 0) is 10.0 Å². The Balaban J connectivity index is 2.05. The third-order valence-electron chi connectivity index (χ3n) is 3.05. The molecular weight excluding hydrogens is 385 g/mol. The minimum Gasteiger partial charge on any atom is -0.454 e. The fourth-order valence-electron chi connectivity index (χ4n) is 2.03. The Labute approximate surface area is 146 Å². The van der Waals surface area contributed by atoms with E-state index in [0.717, 1.165) is 11.3 Å². The van der Waals surface area contributed by atoms with Crippen molar-refractivity contribution in [2.45, 2.75) is 11.8 Å². The summed E-state index contributed by atoms with van der Waals surface area (Å²) in [6.07, 6.45) is 0. The Kier molecular flexibility index (Phi) is 4.18. The van der Waals surface area contributed by atoms with Crippen LogP contribution in [0, 0.1) is 0 Å². The van der Waals surface area contributed by atoms with E-state index in [1.54, 1.807) is 0 Å². The van der Waals surface area contributed by atoms with E-state index in [2.05, 4.69) is 4.72 Å². The molecule has 1 aromatic carbocycles. The van der Waals surface area contributed by atoms with Gasteiger partial charge in [0.15, 0.2) is 17.3 Å². The number of anilines is 1. The maximum Gasteiger partial charge on any atom is 0.264 e. The van der Waals surface area contributed by atoms with Crippen molar-refractivity contribution in [3.8, 4) is 11.5 Å². The molecule has 0 unspecified atom stereocenters. The molecule has 2 aromatic rings. The molecule has 1 aliphatic rings. The van der Waals surface area contributed by atoms with Gasteiger partial charge in [0.05, 0.1) is 10.0 Å². The topological polar surface area (TPSA) is 81.7 Å². The molecule has 0 aliphatic carbocycles. The SMILES string of the molecule is CC(=O)c1cc2c(cc1NS(=O)(=O)c1cc(Cl)sc1Cl)OCO2. The minimum absolute atomic E-state index is 0.00878. The highest BCUT2D eigenvalue weighted by atomic mass is 35.5. The zero-order valence-electron chi connectivity index (χ0n) is 11.6. The van der Waals surface area contributed by atoms with E-state index in [-0.39, 0.29) is 37.4 Å². The van der Waals surface area contributed by atoms with Crippen molar-refractivity contribution in [1.82, 2.24) is 0 Å². The van der Waals surface area contributed by atoms with Crippen LogP contribution in [0.3, 0.4) is 0 Å². The molecule has 0 amide bonds. The Hall–Kier alpha value is -1.48. The van der Waals surface area contributed by atoms with Gasteiger partial charge in [0, 0.05) is 11.6 Å². The number of halogens is 2. The van der Waals surface area contributed by atoms with Gasteiger partial charge >= 0.3 is 0 Å². The Morgan fingerprint density at radius 3 is 2.43 bits per heavy atom. The lowest BCUT2D eigenvalue weighted by Gasteiger charge is -2.11. The van der Waals surface area contributed by atoms with Crippen LogP contribution >= 0.6 is 34.5 Å². The van der Waals surface area contributed by atoms with E-state index in [1.807, 2.05) is 0 Å². The first kappa shape index (κ1) is 16.4. The average molecular weight is 394 g/mol. The third-order valence-corrected chi connectivity index (χ3v) is 6.17. The summed E-state index contributed by atoms with van der Waals surface area (Å²) < 4.78 is 38.0. The summed E-state index contributed by atoms with van der Waals surface area (Å²) in [4.78, 5) is 11.6. The number of carbonyl (C=O) groups is 1. The second kappa shape index (κ2) is 5.86. The summed E-state index contributed by atoms with van der Waals surface area (Å²) in [5.41, 5.74) is 0.246. The summed E-state index contributed by atoms with van der Waals surface area (Å²) >= 11 is 12.6. The second-order valence-electron chi connectivity index (χ2n) is 4.60. The maximum atomic E-state index is 12.5. The molecule has 1 aliphatic heterocycles. The molecule has 1 N–H and O–H groups in total. The zero-order chi connectivity index (χ0) is 16.8. The highest BCUT2D eigenvalue weighted by Crippen LogP contribution is 2.39. The van der Waals surface area contributed by atoms with Gasteiger partial charge in [0.2, 0.25) is 6.79 Å². The van der Waals surface area contributed by atoms with Crippen LogP contribution in [0.1, 0.15) is 17.3 Å². The lowest BCUT2D eigenvalue weighted by Crippen LogP contribution is -2.15. The summed E-state index contributed by atoms with van der Waals surface area (Å²) in [6, 6.07) is 4.08. The molecule has 0 saturated carbocycles. The van der Waals surface area contributed by atoms with Crippen molar-refractivity contribution in [2.75, 3.05) is 11.5 Å². The van der Waals surface area contributed by atoms with E-state index >= 15 is 0 Å². The molecule has 0 fully saturated rings. The molecule has 3 rings (SSSR count). The van der Waals surface area contributed by atoms with Crippen LogP contribution in [0.15, 0.2) is 23.1 Å². The predicted molar refractivity (Wildman–Crippen MR) is 87.7 cm³/mol. The molecule has 10 heteroatoms. The molecule has 2 heterocycles. The van der Waals surface area contributed by atoms with Gasteiger partial charge in [-0.2, -0.15) is 0 Å². The number of rotatable bonds is 4. The average Bonchev–Trinajstić information content (AvgIpc) is 3.03. The normalized spacial score (nSPS) is 13.2. The largest absolute Gasteiger partial charge is 0.454 e. The predicted octanol–water partition coefficient (Wildman–Crippen LogP) is 3.79. The van der Waals surface area contributed by atoms with Crippen LogP contribution in [-0.4, -0.2) is 21.0 Å². The lowest BCUT2D eigenvalue weighted by molar-refractivity contribution is 0.101. The minimum atomic E-state index is -4.00. The highest BCUT2D eigenvalue weighted by Gasteiger charge is 2.25. The van der Waals surface area contributed by atoms with Gasteiger partial charge in [-0.1, -0.05) is 23.2 Å². The summed E-state index contributed by atoms with van der Waals surface area (Å²) in [6.45, 7) is 1.33. The quantitative estimate of drug-likeness (QED) is 0.798. The number of sulfonamides is 1. The van der Waals surface area contributed by atoms with Crippen molar-refractivity contribution in [1.29, 1.82) is 0 Å². The molecule has 0 bridgehead atoms. The van der Waals surface area contributed by atoms with E-state index in [1.165, 1.54) is 25.1 Å². The number of thiophene rings is 1. The Bertz CT molecular complexity index is 907. The number of hydrogen-bond donors (Lipinski definition) is 1. The first-order chi connectivity index (χ1) is 10.8. The fraction of sp³-hybridized carbons (Fsp3) is 0.154. The number of benzene rings is 1. The number of nitrogens with one attached hydrogen (secondary N) is 1. The van der Waals surface area contributed by atoms with E-state index < -0.39 is 10.0 Å². The number of fused-ring (bicyclic) bond motifs is 1. The van der Waals surface area contributed by atoms with Crippen molar-refractivity contribution < 1.29 is 22.7 Å². The monoisotopic (exact) mass is 393 g/mol. The second-order valence-corrected chi connectivity index (χ2v) is 8.54. The van der Waals surface area contributed by atoms with Gasteiger partial charge in [0.25, 0.3) is 10.0 Å². The van der Waals surface area contributed by atoms with Gasteiger partial charge in [-0.15, -0.1) is 11.3 Å². The van der Waals surface area contributed by atoms with Gasteiger partial charge in [-0.3, -0.25) is 9.52 Å². The highest BCUT2D eigenvalue weighted by molar-refractivity contribution is 7.93. The van der Waals surface area contributed by atoms with Crippen LogP contribution in [0.4, 0.5) is 5.69 Å². The molecule has 0 spiro atoms. The lowest BCUT2D eigenvalue weighted by atomic mass is 10.1. The summed E-state index contributed by atoms with van der Waals surface area (Å²) in [5.74, 6) is 0.410. The standard InChI is InChI=1S/C13H9Cl2NO5S2/c1-6(17)7-2-9-10(21-5-20-9)3-8(7)16-23(18,19)11-4-12(14)22-13(11)15/h2-4,16H,5H2,1H3. The number of Topliss-reactive ketones (excluding diaryl/α,β-unsaturated/α-hetero) is 1. The summed E-state index contributed by atoms with van der Waals surface area (Å²) in [5, 5.41) is 0. The molecule has 0 radical (unpaired) electrons. The number of ketones is 1. The number of carbonyl (C=O) groups excluding carboxylic acids is 1. The number of hydrogen-bond acceptors (Lipinski definition) is 6. The van der Waals surface area contributed by atoms with Crippen LogP contribution < -0.4 is 14.2 Å². The smallest absolute Gasteiger partial charge is 0.264 e. The van der Waals surface area contributed by atoms with Crippen molar-refractivity contribution >= 4 is 56.0 Å². The van der Waals surface area contributed by atoms with Crippen molar-refractivity contribution in [2.24, 2.45) is 0 Å². The molecule has 1 aromatic heterocycles. The van der Waals surface area contributed by atoms with E-state index in [0.29, 0.717) is 11.5 Å². The molecule has 0 saturated heterocycles. The van der Waals surface area contributed by atoms with Crippen molar-refractivity contribution in [3.63, 3.8) is 0 Å². The fourth-order valence-corrected chi connectivity index (χ4v) is 5.25. The van der Waals surface area contributed by atoms with Gasteiger partial charge in [0.1, 0.15) is 9.23 Å². The maximum absolute atomic E-state index is 12.5.